The highest BCUT2D eigenvalue weighted by atomic mass is 19.1. The fraction of sp³-hybridized carbons (Fsp3) is 0.188. The van der Waals surface area contributed by atoms with Crippen molar-refractivity contribution in [2.24, 2.45) is 4.99 Å². The van der Waals surface area contributed by atoms with Crippen molar-refractivity contribution in [3.63, 3.8) is 0 Å². The summed E-state index contributed by atoms with van der Waals surface area (Å²) in [5.74, 6) is -0.0537. The third-order valence-corrected chi connectivity index (χ3v) is 2.99. The number of phenolic OH excluding ortho intramolecular Hbond substituents is 1. The molecule has 0 aromatic heterocycles. The number of aryl methyl sites for hydroxylation is 1. The van der Waals surface area contributed by atoms with Gasteiger partial charge in [-0.2, -0.15) is 0 Å². The van der Waals surface area contributed by atoms with E-state index >= 15 is 0 Å². The van der Waals surface area contributed by atoms with Crippen molar-refractivity contribution < 1.29 is 9.50 Å². The van der Waals surface area contributed by atoms with Gasteiger partial charge in [0.05, 0.1) is 6.54 Å². The first kappa shape index (κ1) is 13.3. The van der Waals surface area contributed by atoms with Crippen LogP contribution in [-0.2, 0) is 6.54 Å². The number of phenols is 1. The lowest BCUT2D eigenvalue weighted by Gasteiger charge is -2.06. The van der Waals surface area contributed by atoms with E-state index in [2.05, 4.69) is 4.99 Å². The molecule has 0 unspecified atom stereocenters. The molecule has 98 valence electrons. The van der Waals surface area contributed by atoms with Crippen molar-refractivity contribution in [3.05, 3.63) is 65.0 Å². The Morgan fingerprint density at radius 3 is 2.63 bits per heavy atom. The van der Waals surface area contributed by atoms with Crippen LogP contribution in [0.5, 0.6) is 5.75 Å². The number of nitrogens with zero attached hydrogens (tertiary/aromatic N) is 1. The van der Waals surface area contributed by atoms with Crippen LogP contribution in [-0.4, -0.2) is 10.8 Å². The van der Waals surface area contributed by atoms with E-state index in [9.17, 15) is 9.50 Å². The fourth-order valence-electron chi connectivity index (χ4n) is 1.86. The minimum atomic E-state index is -0.257. The van der Waals surface area contributed by atoms with Crippen LogP contribution in [0.1, 0.15) is 23.6 Å². The van der Waals surface area contributed by atoms with Crippen LogP contribution in [0.3, 0.4) is 0 Å². The predicted molar refractivity (Wildman–Crippen MR) is 75.2 cm³/mol. The number of hydrogen-bond donors (Lipinski definition) is 1. The van der Waals surface area contributed by atoms with Crippen molar-refractivity contribution in [3.8, 4) is 5.75 Å². The van der Waals surface area contributed by atoms with Crippen LogP contribution in [0.15, 0.2) is 47.5 Å². The molecule has 2 nitrogen and oxygen atoms in total. The molecule has 0 saturated heterocycles. The average Bonchev–Trinajstić information content (AvgIpc) is 2.37. The Kier molecular flexibility index (Phi) is 3.95. The van der Waals surface area contributed by atoms with Crippen LogP contribution >= 0.6 is 0 Å². The molecule has 0 spiro atoms. The summed E-state index contributed by atoms with van der Waals surface area (Å²) in [4.78, 5) is 4.33. The van der Waals surface area contributed by atoms with E-state index in [0.717, 1.165) is 5.56 Å². The summed E-state index contributed by atoms with van der Waals surface area (Å²) in [5, 5.41) is 9.86. The van der Waals surface area contributed by atoms with Crippen molar-refractivity contribution >= 4 is 5.71 Å². The standard InChI is InChI=1S/C16H16FNO/c1-11-7-8-14(16(19)9-11)12(2)18-10-13-5-3-4-6-15(13)17/h3-9,19H,10H2,1-2H3. The Labute approximate surface area is 112 Å². The van der Waals surface area contributed by atoms with Crippen LogP contribution in [0, 0.1) is 12.7 Å². The van der Waals surface area contributed by atoms with Crippen LogP contribution in [0.4, 0.5) is 4.39 Å². The minimum absolute atomic E-state index is 0.204. The Hall–Kier alpha value is -2.16. The second-order valence-corrected chi connectivity index (χ2v) is 4.51. The smallest absolute Gasteiger partial charge is 0.128 e. The van der Waals surface area contributed by atoms with Gasteiger partial charge in [-0.1, -0.05) is 24.3 Å². The minimum Gasteiger partial charge on any atom is -0.507 e. The largest absolute Gasteiger partial charge is 0.507 e. The maximum absolute atomic E-state index is 13.5. The SMILES string of the molecule is CC(=NCc1ccccc1F)c1ccc(C)cc1O. The lowest BCUT2D eigenvalue weighted by molar-refractivity contribution is 0.473. The van der Waals surface area contributed by atoms with E-state index in [4.69, 9.17) is 0 Å². The molecule has 0 aliphatic heterocycles. The van der Waals surface area contributed by atoms with Gasteiger partial charge in [0.15, 0.2) is 0 Å². The molecule has 2 rings (SSSR count). The lowest BCUT2D eigenvalue weighted by Crippen LogP contribution is -1.98. The van der Waals surface area contributed by atoms with Gasteiger partial charge < -0.3 is 5.11 Å². The fourth-order valence-corrected chi connectivity index (χ4v) is 1.86. The summed E-state index contributed by atoms with van der Waals surface area (Å²) in [6, 6.07) is 12.0. The third-order valence-electron chi connectivity index (χ3n) is 2.99. The summed E-state index contributed by atoms with van der Waals surface area (Å²) in [7, 11) is 0. The van der Waals surface area contributed by atoms with Gasteiger partial charge in [0.1, 0.15) is 11.6 Å². The van der Waals surface area contributed by atoms with Gasteiger partial charge in [-0.25, -0.2) is 4.39 Å². The molecule has 2 aromatic carbocycles. The molecule has 0 atom stereocenters. The van der Waals surface area contributed by atoms with Gasteiger partial charge in [0.25, 0.3) is 0 Å². The van der Waals surface area contributed by atoms with E-state index in [-0.39, 0.29) is 18.1 Å². The maximum Gasteiger partial charge on any atom is 0.128 e. The molecule has 0 amide bonds. The molecule has 0 aliphatic rings. The van der Waals surface area contributed by atoms with Gasteiger partial charge in [-0.3, -0.25) is 4.99 Å². The second-order valence-electron chi connectivity index (χ2n) is 4.51. The molecule has 0 aliphatic carbocycles. The van der Waals surface area contributed by atoms with E-state index in [1.54, 1.807) is 24.3 Å². The number of benzene rings is 2. The van der Waals surface area contributed by atoms with E-state index in [1.807, 2.05) is 26.0 Å². The average molecular weight is 257 g/mol. The maximum atomic E-state index is 13.5. The van der Waals surface area contributed by atoms with Crippen molar-refractivity contribution in [2.45, 2.75) is 20.4 Å². The van der Waals surface area contributed by atoms with Crippen molar-refractivity contribution in [2.75, 3.05) is 0 Å². The zero-order valence-electron chi connectivity index (χ0n) is 11.0. The first-order valence-corrected chi connectivity index (χ1v) is 6.12. The van der Waals surface area contributed by atoms with E-state index in [1.165, 1.54) is 6.07 Å². The molecule has 3 heteroatoms. The van der Waals surface area contributed by atoms with Gasteiger partial charge in [0.2, 0.25) is 0 Å². The zero-order chi connectivity index (χ0) is 13.8. The van der Waals surface area contributed by atoms with Gasteiger partial charge >= 0.3 is 0 Å². The number of aliphatic imine (C=N–C) groups is 1. The Morgan fingerprint density at radius 2 is 1.95 bits per heavy atom. The van der Waals surface area contributed by atoms with Crippen LogP contribution in [0.2, 0.25) is 0 Å². The summed E-state index contributed by atoms with van der Waals surface area (Å²) >= 11 is 0. The topological polar surface area (TPSA) is 32.6 Å². The monoisotopic (exact) mass is 257 g/mol. The van der Waals surface area contributed by atoms with Gasteiger partial charge in [-0.15, -0.1) is 0 Å². The van der Waals surface area contributed by atoms with Crippen molar-refractivity contribution in [1.29, 1.82) is 0 Å². The molecule has 1 N–H and O–H groups in total. The molecule has 0 radical (unpaired) electrons. The highest BCUT2D eigenvalue weighted by Crippen LogP contribution is 2.19. The van der Waals surface area contributed by atoms with Gasteiger partial charge in [-0.05, 0) is 37.6 Å². The molecule has 0 fully saturated rings. The van der Waals surface area contributed by atoms with Gasteiger partial charge in [0, 0.05) is 16.8 Å². The Bertz CT molecular complexity index is 620. The number of aromatic hydroxyl groups is 1. The molecule has 19 heavy (non-hydrogen) atoms. The number of halogens is 1. The van der Waals surface area contributed by atoms with E-state index < -0.39 is 0 Å². The summed E-state index contributed by atoms with van der Waals surface area (Å²) in [5.41, 5.74) is 2.92. The molecular weight excluding hydrogens is 241 g/mol. The molecular formula is C16H16FNO. The van der Waals surface area contributed by atoms with E-state index in [0.29, 0.717) is 16.8 Å². The molecule has 0 bridgehead atoms. The zero-order valence-corrected chi connectivity index (χ0v) is 11.0. The first-order valence-electron chi connectivity index (χ1n) is 6.12. The number of rotatable bonds is 3. The highest BCUT2D eigenvalue weighted by Gasteiger charge is 2.05. The highest BCUT2D eigenvalue weighted by molar-refractivity contribution is 6.01. The van der Waals surface area contributed by atoms with Crippen LogP contribution in [0.25, 0.3) is 0 Å². The Balaban J connectivity index is 2.22. The summed E-state index contributed by atoms with van der Waals surface area (Å²) in [6.45, 7) is 3.99. The molecule has 2 aromatic rings. The third kappa shape index (κ3) is 3.19. The predicted octanol–water partition coefficient (Wildman–Crippen LogP) is 3.85. The molecule has 0 heterocycles. The molecule has 0 saturated carbocycles. The lowest BCUT2D eigenvalue weighted by atomic mass is 10.1. The van der Waals surface area contributed by atoms with Crippen molar-refractivity contribution in [1.82, 2.24) is 0 Å². The van der Waals surface area contributed by atoms with Crippen LogP contribution < -0.4 is 0 Å². The first-order chi connectivity index (χ1) is 9.08. The summed E-state index contributed by atoms with van der Waals surface area (Å²) in [6.07, 6.45) is 0. The summed E-state index contributed by atoms with van der Waals surface area (Å²) < 4.78 is 13.5. The second kappa shape index (κ2) is 5.65. The Morgan fingerprint density at radius 1 is 1.21 bits per heavy atom. The number of hydrogen-bond acceptors (Lipinski definition) is 2. The quantitative estimate of drug-likeness (QED) is 0.832. The normalized spacial score (nSPS) is 11.6.